The molecule has 0 bridgehead atoms. The molecule has 0 saturated carbocycles. The Morgan fingerprint density at radius 1 is 1.32 bits per heavy atom. The van der Waals surface area contributed by atoms with Crippen molar-refractivity contribution < 1.29 is 0 Å². The van der Waals surface area contributed by atoms with Gasteiger partial charge >= 0.3 is 0 Å². The Morgan fingerprint density at radius 2 is 2.21 bits per heavy atom. The molecule has 0 radical (unpaired) electrons. The van der Waals surface area contributed by atoms with Gasteiger partial charge in [0.2, 0.25) is 0 Å². The van der Waals surface area contributed by atoms with Crippen LogP contribution in [0.25, 0.3) is 11.3 Å². The van der Waals surface area contributed by atoms with E-state index in [1.54, 1.807) is 11.3 Å². The van der Waals surface area contributed by atoms with Gasteiger partial charge in [0, 0.05) is 29.0 Å². The molecular formula is C15H18N2S2. The van der Waals surface area contributed by atoms with Crippen molar-refractivity contribution in [3.8, 4) is 11.3 Å². The predicted molar refractivity (Wildman–Crippen MR) is 85.1 cm³/mol. The van der Waals surface area contributed by atoms with E-state index in [2.05, 4.69) is 42.7 Å². The van der Waals surface area contributed by atoms with Crippen LogP contribution in [-0.4, -0.2) is 23.0 Å². The average molecular weight is 290 g/mol. The standard InChI is InChI=1S/C15H18N2S2/c1-10-3-4-11(2)12(7-10)13-9-19-15(17-13)14-8-18-6-5-16-14/h3-4,7,9,14,16H,5-6,8H2,1-2H3. The Labute approximate surface area is 122 Å². The van der Waals surface area contributed by atoms with Crippen molar-refractivity contribution in [2.24, 2.45) is 0 Å². The van der Waals surface area contributed by atoms with Crippen LogP contribution in [-0.2, 0) is 0 Å². The lowest BCUT2D eigenvalue weighted by Crippen LogP contribution is -2.30. The molecule has 1 saturated heterocycles. The highest BCUT2D eigenvalue weighted by Gasteiger charge is 2.19. The number of rotatable bonds is 2. The van der Waals surface area contributed by atoms with Gasteiger partial charge in [0.25, 0.3) is 0 Å². The summed E-state index contributed by atoms with van der Waals surface area (Å²) in [5.74, 6) is 2.35. The Bertz CT molecular complexity index is 571. The quantitative estimate of drug-likeness (QED) is 0.910. The van der Waals surface area contributed by atoms with E-state index in [1.165, 1.54) is 27.5 Å². The van der Waals surface area contributed by atoms with Crippen molar-refractivity contribution in [2.45, 2.75) is 19.9 Å². The van der Waals surface area contributed by atoms with Crippen LogP contribution in [0.2, 0.25) is 0 Å². The number of nitrogens with one attached hydrogen (secondary N) is 1. The van der Waals surface area contributed by atoms with Crippen LogP contribution in [0.1, 0.15) is 22.2 Å². The molecule has 1 atom stereocenters. The molecule has 0 amide bonds. The van der Waals surface area contributed by atoms with Gasteiger partial charge in [0.15, 0.2) is 0 Å². The lowest BCUT2D eigenvalue weighted by Gasteiger charge is -2.20. The maximum Gasteiger partial charge on any atom is 0.111 e. The summed E-state index contributed by atoms with van der Waals surface area (Å²) in [6, 6.07) is 7.00. The fraction of sp³-hybridized carbons (Fsp3) is 0.400. The summed E-state index contributed by atoms with van der Waals surface area (Å²) in [5, 5.41) is 6.97. The number of benzene rings is 1. The molecule has 2 nitrogen and oxygen atoms in total. The summed E-state index contributed by atoms with van der Waals surface area (Å²) >= 11 is 3.79. The zero-order valence-electron chi connectivity index (χ0n) is 11.3. The Kier molecular flexibility index (Phi) is 3.91. The molecule has 1 N–H and O–H groups in total. The first-order valence-corrected chi connectivity index (χ1v) is 8.61. The van der Waals surface area contributed by atoms with Crippen LogP contribution in [0.4, 0.5) is 0 Å². The second kappa shape index (κ2) is 5.65. The largest absolute Gasteiger partial charge is 0.306 e. The molecule has 1 fully saturated rings. The number of nitrogens with zero attached hydrogens (tertiary/aromatic N) is 1. The number of aryl methyl sites for hydroxylation is 2. The lowest BCUT2D eigenvalue weighted by molar-refractivity contribution is 0.592. The fourth-order valence-electron chi connectivity index (χ4n) is 2.31. The molecule has 0 aliphatic carbocycles. The van der Waals surface area contributed by atoms with Gasteiger partial charge in [-0.15, -0.1) is 11.3 Å². The maximum absolute atomic E-state index is 4.85. The first kappa shape index (κ1) is 13.2. The molecule has 1 aliphatic heterocycles. The molecule has 4 heteroatoms. The number of hydrogen-bond acceptors (Lipinski definition) is 4. The van der Waals surface area contributed by atoms with Crippen molar-refractivity contribution in [1.29, 1.82) is 0 Å². The third kappa shape index (κ3) is 2.86. The van der Waals surface area contributed by atoms with Crippen LogP contribution < -0.4 is 5.32 Å². The topological polar surface area (TPSA) is 24.9 Å². The number of aromatic nitrogens is 1. The van der Waals surface area contributed by atoms with Gasteiger partial charge in [-0.3, -0.25) is 0 Å². The summed E-state index contributed by atoms with van der Waals surface area (Å²) in [6.07, 6.45) is 0. The van der Waals surface area contributed by atoms with Crippen LogP contribution in [0, 0.1) is 13.8 Å². The SMILES string of the molecule is Cc1ccc(C)c(-c2csc(C3CSCCN3)n2)c1. The van der Waals surface area contributed by atoms with Gasteiger partial charge in [0.1, 0.15) is 5.01 Å². The van der Waals surface area contributed by atoms with Gasteiger partial charge in [-0.1, -0.05) is 17.7 Å². The lowest BCUT2D eigenvalue weighted by atomic mass is 10.0. The summed E-state index contributed by atoms with van der Waals surface area (Å²) < 4.78 is 0. The predicted octanol–water partition coefficient (Wildman–Crippen LogP) is 3.80. The van der Waals surface area contributed by atoms with Crippen LogP contribution >= 0.6 is 23.1 Å². The zero-order chi connectivity index (χ0) is 13.2. The van der Waals surface area contributed by atoms with Crippen LogP contribution in [0.15, 0.2) is 23.6 Å². The molecule has 2 aromatic rings. The number of thioether (sulfide) groups is 1. The molecule has 1 aliphatic rings. The third-order valence-corrected chi connectivity index (χ3v) is 5.43. The molecule has 1 aromatic carbocycles. The maximum atomic E-state index is 4.85. The summed E-state index contributed by atoms with van der Waals surface area (Å²) in [5.41, 5.74) is 4.99. The minimum atomic E-state index is 0.433. The minimum absolute atomic E-state index is 0.433. The second-order valence-electron chi connectivity index (χ2n) is 4.97. The molecule has 100 valence electrons. The average Bonchev–Trinajstić information content (AvgIpc) is 2.92. The van der Waals surface area contributed by atoms with Crippen LogP contribution in [0.5, 0.6) is 0 Å². The van der Waals surface area contributed by atoms with E-state index >= 15 is 0 Å². The number of thiazole rings is 1. The second-order valence-corrected chi connectivity index (χ2v) is 7.01. The monoisotopic (exact) mass is 290 g/mol. The first-order chi connectivity index (χ1) is 9.24. The molecule has 1 aromatic heterocycles. The molecule has 3 rings (SSSR count). The fourth-order valence-corrected chi connectivity index (χ4v) is 4.25. The minimum Gasteiger partial charge on any atom is -0.306 e. The van der Waals surface area contributed by atoms with E-state index in [0.29, 0.717) is 6.04 Å². The molecule has 19 heavy (non-hydrogen) atoms. The van der Waals surface area contributed by atoms with Crippen molar-refractivity contribution in [1.82, 2.24) is 10.3 Å². The van der Waals surface area contributed by atoms with Gasteiger partial charge in [0.05, 0.1) is 11.7 Å². The van der Waals surface area contributed by atoms with Crippen molar-refractivity contribution in [2.75, 3.05) is 18.1 Å². The van der Waals surface area contributed by atoms with Gasteiger partial charge in [-0.25, -0.2) is 4.98 Å². The molecular weight excluding hydrogens is 272 g/mol. The Balaban J connectivity index is 1.89. The van der Waals surface area contributed by atoms with E-state index in [1.807, 2.05) is 11.8 Å². The molecule has 2 heterocycles. The van der Waals surface area contributed by atoms with E-state index in [4.69, 9.17) is 4.98 Å². The zero-order valence-corrected chi connectivity index (χ0v) is 12.9. The van der Waals surface area contributed by atoms with Crippen molar-refractivity contribution in [3.63, 3.8) is 0 Å². The molecule has 1 unspecified atom stereocenters. The van der Waals surface area contributed by atoms with Gasteiger partial charge < -0.3 is 5.32 Å². The number of hydrogen-bond donors (Lipinski definition) is 1. The Hall–Kier alpha value is -0.840. The highest BCUT2D eigenvalue weighted by atomic mass is 32.2. The normalized spacial score (nSPS) is 19.6. The van der Waals surface area contributed by atoms with E-state index < -0.39 is 0 Å². The summed E-state index contributed by atoms with van der Waals surface area (Å²) in [4.78, 5) is 4.85. The van der Waals surface area contributed by atoms with Gasteiger partial charge in [-0.05, 0) is 25.5 Å². The first-order valence-electron chi connectivity index (χ1n) is 6.58. The smallest absolute Gasteiger partial charge is 0.111 e. The molecule has 0 spiro atoms. The summed E-state index contributed by atoms with van der Waals surface area (Å²) in [7, 11) is 0. The highest BCUT2D eigenvalue weighted by Crippen LogP contribution is 2.30. The Morgan fingerprint density at radius 3 is 3.00 bits per heavy atom. The van der Waals surface area contributed by atoms with Gasteiger partial charge in [-0.2, -0.15) is 11.8 Å². The van der Waals surface area contributed by atoms with Crippen molar-refractivity contribution >= 4 is 23.1 Å². The van der Waals surface area contributed by atoms with E-state index in [9.17, 15) is 0 Å². The third-order valence-electron chi connectivity index (χ3n) is 3.41. The summed E-state index contributed by atoms with van der Waals surface area (Å²) in [6.45, 7) is 5.38. The van der Waals surface area contributed by atoms with E-state index in [-0.39, 0.29) is 0 Å². The van der Waals surface area contributed by atoms with Crippen molar-refractivity contribution in [3.05, 3.63) is 39.7 Å². The highest BCUT2D eigenvalue weighted by molar-refractivity contribution is 7.99. The van der Waals surface area contributed by atoms with E-state index in [0.717, 1.165) is 18.0 Å². The van der Waals surface area contributed by atoms with Crippen LogP contribution in [0.3, 0.4) is 0 Å².